The van der Waals surface area contributed by atoms with E-state index in [1.54, 1.807) is 7.11 Å². The minimum atomic E-state index is 0.166. The van der Waals surface area contributed by atoms with Crippen LogP contribution in [0.3, 0.4) is 0 Å². The van der Waals surface area contributed by atoms with Gasteiger partial charge in [-0.2, -0.15) is 0 Å². The molecule has 0 fully saturated rings. The number of aryl methyl sites for hydroxylation is 1. The Morgan fingerprint density at radius 3 is 2.62 bits per heavy atom. The van der Waals surface area contributed by atoms with E-state index in [0.717, 1.165) is 11.3 Å². The molecule has 84 valence electrons. The van der Waals surface area contributed by atoms with Crippen molar-refractivity contribution < 1.29 is 9.57 Å². The Balaban J connectivity index is 2.81. The predicted octanol–water partition coefficient (Wildman–Crippen LogP) is 2.00. The first-order valence-corrected chi connectivity index (χ1v) is 4.96. The van der Waals surface area contributed by atoms with Crippen LogP contribution in [0.4, 0.5) is 0 Å². The van der Waals surface area contributed by atoms with Gasteiger partial charge in [0.25, 0.3) is 0 Å². The predicted molar refractivity (Wildman–Crippen MR) is 64.4 cm³/mol. The Hall–Kier alpha value is -1.79. The summed E-state index contributed by atoms with van der Waals surface area (Å²) in [4.78, 5) is 4.95. The first kappa shape index (κ1) is 12.3. The molecule has 0 N–H and O–H groups in total. The van der Waals surface area contributed by atoms with Crippen LogP contribution in [0.1, 0.15) is 11.1 Å². The van der Waals surface area contributed by atoms with Gasteiger partial charge in [-0.05, 0) is 6.92 Å². The van der Waals surface area contributed by atoms with Gasteiger partial charge in [-0.1, -0.05) is 40.9 Å². The highest BCUT2D eigenvalue weighted by Crippen LogP contribution is 2.05. The standard InChI is InChI=1S/C13H15NO2/c1-4-9-16-14-13(10-15-3)12-7-5-11(2)6-8-12/h1,5-8H,9-10H2,2-3H3. The van der Waals surface area contributed by atoms with Gasteiger partial charge in [0, 0.05) is 12.7 Å². The van der Waals surface area contributed by atoms with E-state index < -0.39 is 0 Å². The second-order valence-electron chi connectivity index (χ2n) is 3.31. The van der Waals surface area contributed by atoms with Crippen LogP contribution in [0, 0.1) is 19.3 Å². The summed E-state index contributed by atoms with van der Waals surface area (Å²) in [7, 11) is 1.62. The van der Waals surface area contributed by atoms with E-state index in [4.69, 9.17) is 16.0 Å². The van der Waals surface area contributed by atoms with Crippen LogP contribution in [0.5, 0.6) is 0 Å². The number of methoxy groups -OCH3 is 1. The van der Waals surface area contributed by atoms with Gasteiger partial charge >= 0.3 is 0 Å². The zero-order valence-electron chi connectivity index (χ0n) is 9.56. The normalized spacial score (nSPS) is 10.9. The smallest absolute Gasteiger partial charge is 0.177 e. The molecule has 0 heterocycles. The molecule has 0 spiro atoms. The summed E-state index contributed by atoms with van der Waals surface area (Å²) < 4.78 is 5.06. The summed E-state index contributed by atoms with van der Waals surface area (Å²) in [5, 5.41) is 3.95. The van der Waals surface area contributed by atoms with Crippen molar-refractivity contribution in [1.29, 1.82) is 0 Å². The van der Waals surface area contributed by atoms with Crippen molar-refractivity contribution in [1.82, 2.24) is 0 Å². The Kier molecular flexibility index (Phi) is 5.10. The molecule has 1 rings (SSSR count). The fourth-order valence-corrected chi connectivity index (χ4v) is 1.19. The quantitative estimate of drug-likeness (QED) is 0.327. The number of hydrogen-bond donors (Lipinski definition) is 0. The summed E-state index contributed by atoms with van der Waals surface area (Å²) in [6.45, 7) is 2.60. The molecule has 3 heteroatoms. The van der Waals surface area contributed by atoms with E-state index in [1.165, 1.54) is 5.56 Å². The van der Waals surface area contributed by atoms with Gasteiger partial charge in [-0.15, -0.1) is 6.42 Å². The summed E-state index contributed by atoms with van der Waals surface area (Å²) in [5.41, 5.74) is 2.91. The molecular weight excluding hydrogens is 202 g/mol. The fourth-order valence-electron chi connectivity index (χ4n) is 1.19. The Morgan fingerprint density at radius 2 is 2.06 bits per heavy atom. The second-order valence-corrected chi connectivity index (χ2v) is 3.31. The molecule has 0 amide bonds. The molecule has 0 aliphatic rings. The number of hydrogen-bond acceptors (Lipinski definition) is 3. The molecule has 0 unspecified atom stereocenters. The van der Waals surface area contributed by atoms with Crippen molar-refractivity contribution in [3.8, 4) is 12.3 Å². The average Bonchev–Trinajstić information content (AvgIpc) is 2.29. The van der Waals surface area contributed by atoms with Gasteiger partial charge in [-0.3, -0.25) is 0 Å². The molecule has 1 aromatic rings. The average molecular weight is 217 g/mol. The fraction of sp³-hybridized carbons (Fsp3) is 0.308. The molecule has 0 saturated heterocycles. The number of nitrogens with zero attached hydrogens (tertiary/aromatic N) is 1. The van der Waals surface area contributed by atoms with E-state index in [9.17, 15) is 0 Å². The molecule has 0 radical (unpaired) electrons. The van der Waals surface area contributed by atoms with Crippen LogP contribution in [0.2, 0.25) is 0 Å². The Labute approximate surface area is 96.1 Å². The minimum Gasteiger partial charge on any atom is -0.382 e. The monoisotopic (exact) mass is 217 g/mol. The van der Waals surface area contributed by atoms with E-state index >= 15 is 0 Å². The third kappa shape index (κ3) is 3.76. The van der Waals surface area contributed by atoms with Crippen LogP contribution >= 0.6 is 0 Å². The van der Waals surface area contributed by atoms with Crippen molar-refractivity contribution in [3.63, 3.8) is 0 Å². The number of benzene rings is 1. The van der Waals surface area contributed by atoms with E-state index in [-0.39, 0.29) is 6.61 Å². The van der Waals surface area contributed by atoms with Gasteiger partial charge in [-0.25, -0.2) is 0 Å². The van der Waals surface area contributed by atoms with Gasteiger partial charge in [0.15, 0.2) is 6.61 Å². The molecule has 0 bridgehead atoms. The highest BCUT2D eigenvalue weighted by molar-refractivity contribution is 6.01. The van der Waals surface area contributed by atoms with E-state index in [2.05, 4.69) is 11.1 Å². The molecule has 16 heavy (non-hydrogen) atoms. The minimum absolute atomic E-state index is 0.166. The Morgan fingerprint density at radius 1 is 1.38 bits per heavy atom. The third-order valence-corrected chi connectivity index (χ3v) is 1.99. The van der Waals surface area contributed by atoms with Crippen molar-refractivity contribution >= 4 is 5.71 Å². The van der Waals surface area contributed by atoms with Crippen molar-refractivity contribution in [3.05, 3.63) is 35.4 Å². The molecule has 1 aromatic carbocycles. The molecule has 0 aromatic heterocycles. The lowest BCUT2D eigenvalue weighted by Gasteiger charge is -2.05. The molecule has 0 atom stereocenters. The highest BCUT2D eigenvalue weighted by atomic mass is 16.6. The van der Waals surface area contributed by atoms with Gasteiger partial charge in [0.05, 0.1) is 6.61 Å². The molecular formula is C13H15NO2. The topological polar surface area (TPSA) is 30.8 Å². The maximum Gasteiger partial charge on any atom is 0.177 e. The first-order chi connectivity index (χ1) is 7.77. The van der Waals surface area contributed by atoms with Crippen molar-refractivity contribution in [2.24, 2.45) is 5.16 Å². The summed E-state index contributed by atoms with van der Waals surface area (Å²) in [6, 6.07) is 7.99. The van der Waals surface area contributed by atoms with Crippen LogP contribution in [0.15, 0.2) is 29.4 Å². The lowest BCUT2D eigenvalue weighted by atomic mass is 10.1. The van der Waals surface area contributed by atoms with E-state index in [1.807, 2.05) is 31.2 Å². The molecule has 0 aliphatic carbocycles. The van der Waals surface area contributed by atoms with Gasteiger partial charge in [0.2, 0.25) is 0 Å². The lowest BCUT2D eigenvalue weighted by molar-refractivity contribution is 0.173. The molecule has 3 nitrogen and oxygen atoms in total. The maximum absolute atomic E-state index is 5.07. The Bertz CT molecular complexity index is 387. The van der Waals surface area contributed by atoms with Crippen molar-refractivity contribution in [2.75, 3.05) is 20.3 Å². The largest absolute Gasteiger partial charge is 0.382 e. The SMILES string of the molecule is C#CCON=C(COC)c1ccc(C)cc1. The first-order valence-electron chi connectivity index (χ1n) is 4.96. The van der Waals surface area contributed by atoms with Crippen LogP contribution in [-0.2, 0) is 9.57 Å². The number of terminal acetylenes is 1. The van der Waals surface area contributed by atoms with Crippen LogP contribution < -0.4 is 0 Å². The number of ether oxygens (including phenoxy) is 1. The van der Waals surface area contributed by atoms with Crippen molar-refractivity contribution in [2.45, 2.75) is 6.92 Å². The molecule has 0 saturated carbocycles. The van der Waals surface area contributed by atoms with Gasteiger partial charge in [0.1, 0.15) is 5.71 Å². The summed E-state index contributed by atoms with van der Waals surface area (Å²) in [5.74, 6) is 2.36. The zero-order chi connectivity index (χ0) is 11.8. The molecule has 0 aliphatic heterocycles. The summed E-state index contributed by atoms with van der Waals surface area (Å²) in [6.07, 6.45) is 5.07. The second kappa shape index (κ2) is 6.65. The van der Waals surface area contributed by atoms with Crippen LogP contribution in [-0.4, -0.2) is 26.0 Å². The highest BCUT2D eigenvalue weighted by Gasteiger charge is 2.03. The number of oxime groups is 1. The zero-order valence-corrected chi connectivity index (χ0v) is 9.56. The maximum atomic E-state index is 5.07. The number of rotatable bonds is 5. The summed E-state index contributed by atoms with van der Waals surface area (Å²) >= 11 is 0. The lowest BCUT2D eigenvalue weighted by Crippen LogP contribution is -2.09. The third-order valence-electron chi connectivity index (χ3n) is 1.99. The van der Waals surface area contributed by atoms with Crippen LogP contribution in [0.25, 0.3) is 0 Å². The van der Waals surface area contributed by atoms with Gasteiger partial charge < -0.3 is 9.57 Å². The van der Waals surface area contributed by atoms with E-state index in [0.29, 0.717) is 6.61 Å².